The van der Waals surface area contributed by atoms with E-state index in [-0.39, 0.29) is 11.2 Å². The molecule has 1 heterocycles. The minimum atomic E-state index is -1.13. The van der Waals surface area contributed by atoms with Gasteiger partial charge in [-0.3, -0.25) is 0 Å². The maximum atomic E-state index is 10.9. The number of hydrogen-bond acceptors (Lipinski definition) is 4. The summed E-state index contributed by atoms with van der Waals surface area (Å²) in [4.78, 5) is 10.9. The van der Waals surface area contributed by atoms with Crippen LogP contribution in [0.2, 0.25) is 0 Å². The first-order valence-electron chi connectivity index (χ1n) is 6.24. The van der Waals surface area contributed by atoms with Crippen LogP contribution in [0.3, 0.4) is 0 Å². The third kappa shape index (κ3) is 2.72. The van der Waals surface area contributed by atoms with Gasteiger partial charge in [-0.2, -0.15) is 0 Å². The van der Waals surface area contributed by atoms with Crippen LogP contribution in [-0.2, 0) is 10.2 Å². The second kappa shape index (κ2) is 5.46. The van der Waals surface area contributed by atoms with E-state index in [1.807, 2.05) is 24.3 Å². The van der Waals surface area contributed by atoms with Crippen molar-refractivity contribution in [2.24, 2.45) is 0 Å². The van der Waals surface area contributed by atoms with Crippen LogP contribution in [0.15, 0.2) is 34.9 Å². The first-order valence-corrected chi connectivity index (χ1v) is 6.24. The number of nitrogens with zero attached hydrogens (tertiary/aromatic N) is 1. The Morgan fingerprint density at radius 1 is 1.40 bits per heavy atom. The third-order valence-corrected chi connectivity index (χ3v) is 3.16. The Balaban J connectivity index is 2.49. The summed E-state index contributed by atoms with van der Waals surface area (Å²) in [5.41, 5.74) is 2.19. The Bertz CT molecular complexity index is 616. The molecule has 1 aromatic heterocycles. The Morgan fingerprint density at radius 2 is 2.10 bits per heavy atom. The maximum absolute atomic E-state index is 10.9. The molecule has 0 amide bonds. The van der Waals surface area contributed by atoms with Gasteiger partial charge >= 0.3 is 5.97 Å². The molecular weight excluding hydrogens is 258 g/mol. The molecule has 0 aliphatic rings. The zero-order valence-corrected chi connectivity index (χ0v) is 11.7. The van der Waals surface area contributed by atoms with Gasteiger partial charge in [-0.15, -0.1) is 0 Å². The van der Waals surface area contributed by atoms with Crippen molar-refractivity contribution in [3.8, 4) is 11.3 Å². The van der Waals surface area contributed by atoms with Crippen LogP contribution in [0.1, 0.15) is 30.0 Å². The summed E-state index contributed by atoms with van der Waals surface area (Å²) >= 11 is 0. The van der Waals surface area contributed by atoms with Crippen LogP contribution in [0.5, 0.6) is 0 Å². The lowest BCUT2D eigenvalue weighted by Gasteiger charge is -2.26. The summed E-state index contributed by atoms with van der Waals surface area (Å²) in [5.74, 6) is -1.29. The average Bonchev–Trinajstić information content (AvgIpc) is 2.88. The molecule has 106 valence electrons. The predicted molar refractivity (Wildman–Crippen MR) is 73.8 cm³/mol. The number of benzene rings is 1. The molecule has 5 nitrogen and oxygen atoms in total. The highest BCUT2D eigenvalue weighted by Crippen LogP contribution is 2.33. The van der Waals surface area contributed by atoms with Gasteiger partial charge in [0.2, 0.25) is 5.76 Å². The van der Waals surface area contributed by atoms with Gasteiger partial charge in [-0.1, -0.05) is 43.3 Å². The van der Waals surface area contributed by atoms with Gasteiger partial charge in [-0.25, -0.2) is 4.79 Å². The van der Waals surface area contributed by atoms with Crippen LogP contribution in [0, 0.1) is 0 Å². The molecule has 20 heavy (non-hydrogen) atoms. The van der Waals surface area contributed by atoms with Crippen molar-refractivity contribution in [1.82, 2.24) is 5.16 Å². The molecule has 0 radical (unpaired) electrons. The topological polar surface area (TPSA) is 72.6 Å². The molecular formula is C15H17NO4. The standard InChI is InChI=1S/C15H17NO4/c1-15(2,9-19-3)11-7-5-4-6-10(11)12-8-13(14(17)18)20-16-12/h4-8H,9H2,1-3H3,(H,17,18). The minimum Gasteiger partial charge on any atom is -0.475 e. The number of hydrogen-bond donors (Lipinski definition) is 1. The largest absolute Gasteiger partial charge is 0.475 e. The van der Waals surface area contributed by atoms with E-state index in [2.05, 4.69) is 19.0 Å². The van der Waals surface area contributed by atoms with Gasteiger partial charge in [0.05, 0.1) is 6.61 Å². The Hall–Kier alpha value is -2.14. The molecule has 0 spiro atoms. The van der Waals surface area contributed by atoms with E-state index in [1.165, 1.54) is 6.07 Å². The predicted octanol–water partition coefficient (Wildman–Crippen LogP) is 2.96. The molecule has 0 unspecified atom stereocenters. The van der Waals surface area contributed by atoms with Crippen molar-refractivity contribution in [2.75, 3.05) is 13.7 Å². The quantitative estimate of drug-likeness (QED) is 0.908. The summed E-state index contributed by atoms with van der Waals surface area (Å²) in [6.45, 7) is 4.68. The Labute approximate surface area is 117 Å². The molecule has 0 fully saturated rings. The molecule has 2 rings (SSSR count). The maximum Gasteiger partial charge on any atom is 0.374 e. The smallest absolute Gasteiger partial charge is 0.374 e. The van der Waals surface area contributed by atoms with E-state index in [1.54, 1.807) is 7.11 Å². The SMILES string of the molecule is COCC(C)(C)c1ccccc1-c1cc(C(=O)O)on1. The fourth-order valence-corrected chi connectivity index (χ4v) is 2.24. The van der Waals surface area contributed by atoms with Crippen LogP contribution in [-0.4, -0.2) is 29.9 Å². The van der Waals surface area contributed by atoms with E-state index >= 15 is 0 Å². The molecule has 0 bridgehead atoms. The van der Waals surface area contributed by atoms with Crippen molar-refractivity contribution in [2.45, 2.75) is 19.3 Å². The molecule has 5 heteroatoms. The minimum absolute atomic E-state index is 0.167. The average molecular weight is 275 g/mol. The third-order valence-electron chi connectivity index (χ3n) is 3.16. The molecule has 1 aromatic carbocycles. The highest BCUT2D eigenvalue weighted by molar-refractivity contribution is 5.86. The highest BCUT2D eigenvalue weighted by atomic mass is 16.5. The van der Waals surface area contributed by atoms with Gasteiger partial charge in [-0.05, 0) is 5.56 Å². The second-order valence-corrected chi connectivity index (χ2v) is 5.24. The van der Waals surface area contributed by atoms with E-state index in [0.717, 1.165) is 11.1 Å². The zero-order chi connectivity index (χ0) is 14.8. The van der Waals surface area contributed by atoms with Gasteiger partial charge in [0, 0.05) is 24.2 Å². The first kappa shape index (κ1) is 14.3. The lowest BCUT2D eigenvalue weighted by Crippen LogP contribution is -2.24. The molecule has 0 aliphatic heterocycles. The zero-order valence-electron chi connectivity index (χ0n) is 11.7. The number of carboxylic acid groups (broad SMARTS) is 1. The lowest BCUT2D eigenvalue weighted by molar-refractivity contribution is 0.0652. The van der Waals surface area contributed by atoms with Crippen LogP contribution in [0.4, 0.5) is 0 Å². The summed E-state index contributed by atoms with van der Waals surface area (Å²) in [5, 5.41) is 12.8. The number of carboxylic acids is 1. The molecule has 0 atom stereocenters. The molecule has 0 saturated carbocycles. The van der Waals surface area contributed by atoms with E-state index in [0.29, 0.717) is 12.3 Å². The molecule has 1 N–H and O–H groups in total. The van der Waals surface area contributed by atoms with E-state index in [4.69, 9.17) is 14.4 Å². The number of aromatic nitrogens is 1. The van der Waals surface area contributed by atoms with E-state index < -0.39 is 5.97 Å². The number of aromatic carboxylic acids is 1. The Morgan fingerprint density at radius 3 is 2.70 bits per heavy atom. The van der Waals surface area contributed by atoms with Gasteiger partial charge < -0.3 is 14.4 Å². The molecule has 2 aromatic rings. The normalized spacial score (nSPS) is 11.6. The van der Waals surface area contributed by atoms with E-state index in [9.17, 15) is 4.79 Å². The van der Waals surface area contributed by atoms with Crippen LogP contribution in [0.25, 0.3) is 11.3 Å². The second-order valence-electron chi connectivity index (χ2n) is 5.24. The molecule has 0 saturated heterocycles. The van der Waals surface area contributed by atoms with Crippen LogP contribution >= 0.6 is 0 Å². The lowest BCUT2D eigenvalue weighted by atomic mass is 9.81. The van der Waals surface area contributed by atoms with Crippen molar-refractivity contribution in [1.29, 1.82) is 0 Å². The van der Waals surface area contributed by atoms with Crippen LogP contribution < -0.4 is 0 Å². The summed E-state index contributed by atoms with van der Waals surface area (Å²) in [7, 11) is 1.66. The fourth-order valence-electron chi connectivity index (χ4n) is 2.24. The first-order chi connectivity index (χ1) is 9.45. The number of carbonyl (C=O) groups is 1. The van der Waals surface area contributed by atoms with Crippen molar-refractivity contribution in [3.05, 3.63) is 41.7 Å². The van der Waals surface area contributed by atoms with Crippen molar-refractivity contribution < 1.29 is 19.2 Å². The summed E-state index contributed by atoms with van der Waals surface area (Å²) in [6.07, 6.45) is 0. The van der Waals surface area contributed by atoms with Gasteiger partial charge in [0.15, 0.2) is 0 Å². The van der Waals surface area contributed by atoms with Gasteiger partial charge in [0.1, 0.15) is 5.69 Å². The number of rotatable bonds is 5. The monoisotopic (exact) mass is 275 g/mol. The molecule has 0 aliphatic carbocycles. The fraction of sp³-hybridized carbons (Fsp3) is 0.333. The van der Waals surface area contributed by atoms with Crippen molar-refractivity contribution >= 4 is 5.97 Å². The van der Waals surface area contributed by atoms with Gasteiger partial charge in [0.25, 0.3) is 0 Å². The van der Waals surface area contributed by atoms with Crippen molar-refractivity contribution in [3.63, 3.8) is 0 Å². The number of methoxy groups -OCH3 is 1. The summed E-state index contributed by atoms with van der Waals surface area (Å²) in [6, 6.07) is 9.15. The number of ether oxygens (including phenoxy) is 1. The summed E-state index contributed by atoms with van der Waals surface area (Å²) < 4.78 is 10.1. The highest BCUT2D eigenvalue weighted by Gasteiger charge is 2.25. The Kier molecular flexibility index (Phi) is 3.90.